The van der Waals surface area contributed by atoms with Crippen LogP contribution in [0.5, 0.6) is 0 Å². The summed E-state index contributed by atoms with van der Waals surface area (Å²) in [6.07, 6.45) is 7.54. The molecule has 1 spiro atoms. The van der Waals surface area contributed by atoms with Gasteiger partial charge in [-0.15, -0.1) is 0 Å². The molecule has 1 aliphatic heterocycles. The van der Waals surface area contributed by atoms with E-state index in [1.165, 1.54) is 12.8 Å². The first-order valence-corrected chi connectivity index (χ1v) is 15.6. The van der Waals surface area contributed by atoms with Gasteiger partial charge in [-0.25, -0.2) is 0 Å². The summed E-state index contributed by atoms with van der Waals surface area (Å²) in [7, 11) is 7.17. The van der Waals surface area contributed by atoms with Crippen LogP contribution in [-0.2, 0) is 12.6 Å². The van der Waals surface area contributed by atoms with Gasteiger partial charge in [0.25, 0.3) is 0 Å². The summed E-state index contributed by atoms with van der Waals surface area (Å²) in [4.78, 5) is 12.0. The Morgan fingerprint density at radius 3 is 2.74 bits per heavy atom. The number of ether oxygens (including phenoxy) is 1. The molecule has 3 fully saturated rings. The first-order valence-electron chi connectivity index (χ1n) is 8.85. The standard InChI is InChI=1S/C18H29ClO3Te/c1-5-7-14(11-16(20)21-6-2)23(19)12-18-9-8-13(17(18,3)4)10-15(18)22-23/h11,13,15H,5-10,12H2,1-4H3/b14-11-. The molecular formula is C18H29ClO3Te. The molecule has 4 unspecified atom stereocenters. The molecule has 0 radical (unpaired) electrons. The zero-order valence-electron chi connectivity index (χ0n) is 14.7. The van der Waals surface area contributed by atoms with Crippen LogP contribution in [0.15, 0.2) is 9.70 Å². The van der Waals surface area contributed by atoms with E-state index in [2.05, 4.69) is 20.8 Å². The summed E-state index contributed by atoms with van der Waals surface area (Å²) < 4.78 is 13.8. The summed E-state index contributed by atoms with van der Waals surface area (Å²) in [5.41, 5.74) is 0.573. The second-order valence-electron chi connectivity index (χ2n) is 7.79. The van der Waals surface area contributed by atoms with Gasteiger partial charge in [0.2, 0.25) is 0 Å². The van der Waals surface area contributed by atoms with E-state index in [1.807, 2.05) is 6.92 Å². The van der Waals surface area contributed by atoms with E-state index in [1.54, 1.807) is 6.08 Å². The Bertz CT molecular complexity index is 532. The normalized spacial score (nSPS) is 44.0. The first kappa shape index (κ1) is 18.1. The molecule has 3 rings (SSSR count). The third-order valence-electron chi connectivity index (χ3n) is 6.52. The molecule has 0 N–H and O–H groups in total. The van der Waals surface area contributed by atoms with E-state index in [0.717, 1.165) is 33.3 Å². The number of rotatable bonds is 5. The maximum absolute atomic E-state index is 12.0. The molecule has 2 aliphatic carbocycles. The van der Waals surface area contributed by atoms with Crippen LogP contribution in [0, 0.1) is 16.7 Å². The van der Waals surface area contributed by atoms with Crippen LogP contribution in [0.25, 0.3) is 0 Å². The summed E-state index contributed by atoms with van der Waals surface area (Å²) in [5, 5.41) is 0. The van der Waals surface area contributed by atoms with E-state index in [9.17, 15) is 4.79 Å². The van der Waals surface area contributed by atoms with Crippen LogP contribution < -0.4 is 0 Å². The number of hydrogen-bond acceptors (Lipinski definition) is 3. The molecule has 1 saturated heterocycles. The van der Waals surface area contributed by atoms with Gasteiger partial charge in [0.15, 0.2) is 0 Å². The molecule has 0 amide bonds. The van der Waals surface area contributed by atoms with Gasteiger partial charge < -0.3 is 0 Å². The van der Waals surface area contributed by atoms with Crippen LogP contribution in [-0.4, -0.2) is 36.2 Å². The summed E-state index contributed by atoms with van der Waals surface area (Å²) >= 11 is -3.18. The molecule has 0 aromatic rings. The second kappa shape index (κ2) is 6.20. The molecule has 2 saturated carbocycles. The fraction of sp³-hybridized carbons (Fsp3) is 0.833. The molecule has 3 nitrogen and oxygen atoms in total. The number of fused-ring (bicyclic) bond motifs is 1. The van der Waals surface area contributed by atoms with Gasteiger partial charge in [-0.3, -0.25) is 0 Å². The maximum atomic E-state index is 12.0. The van der Waals surface area contributed by atoms with Gasteiger partial charge in [-0.1, -0.05) is 0 Å². The number of hydrogen-bond donors (Lipinski definition) is 0. The van der Waals surface area contributed by atoms with Crippen LogP contribution in [0.2, 0.25) is 4.47 Å². The third-order valence-corrected chi connectivity index (χ3v) is 16.3. The zero-order chi connectivity index (χ0) is 16.9. The monoisotopic (exact) mass is 458 g/mol. The van der Waals surface area contributed by atoms with Gasteiger partial charge >= 0.3 is 148 Å². The molecular weight excluding hydrogens is 427 g/mol. The van der Waals surface area contributed by atoms with Crippen molar-refractivity contribution in [2.75, 3.05) is 6.61 Å². The van der Waals surface area contributed by atoms with Crippen molar-refractivity contribution in [3.63, 3.8) is 0 Å². The van der Waals surface area contributed by atoms with Crippen molar-refractivity contribution < 1.29 is 12.6 Å². The van der Waals surface area contributed by atoms with Crippen molar-refractivity contribution in [3.8, 4) is 0 Å². The Morgan fingerprint density at radius 2 is 2.17 bits per heavy atom. The predicted molar refractivity (Wildman–Crippen MR) is 94.5 cm³/mol. The molecule has 0 aromatic carbocycles. The Hall–Kier alpha value is 0.250. The fourth-order valence-electron chi connectivity index (χ4n) is 5.05. The Labute approximate surface area is 148 Å². The average molecular weight is 456 g/mol. The van der Waals surface area contributed by atoms with E-state index in [0.29, 0.717) is 18.1 Å². The molecule has 3 aliphatic rings. The van der Waals surface area contributed by atoms with Crippen molar-refractivity contribution in [2.45, 2.75) is 70.4 Å². The summed E-state index contributed by atoms with van der Waals surface area (Å²) in [6.45, 7) is 9.19. The van der Waals surface area contributed by atoms with Crippen molar-refractivity contribution in [1.29, 1.82) is 0 Å². The number of esters is 1. The minimum absolute atomic E-state index is 0.252. The number of carbonyl (C=O) groups is 1. The van der Waals surface area contributed by atoms with Crippen LogP contribution in [0.4, 0.5) is 0 Å². The summed E-state index contributed by atoms with van der Waals surface area (Å²) in [5.74, 6) is 0.518. The molecule has 5 heteroatoms. The third kappa shape index (κ3) is 2.69. The van der Waals surface area contributed by atoms with Crippen LogP contribution in [0.1, 0.15) is 59.8 Å². The van der Waals surface area contributed by atoms with Gasteiger partial charge in [0.05, 0.1) is 0 Å². The fourth-order valence-corrected chi connectivity index (χ4v) is 16.8. The van der Waals surface area contributed by atoms with E-state index >= 15 is 0 Å². The molecule has 4 atom stereocenters. The van der Waals surface area contributed by atoms with Gasteiger partial charge in [0, 0.05) is 0 Å². The molecule has 1 heterocycles. The van der Waals surface area contributed by atoms with Crippen molar-refractivity contribution in [2.24, 2.45) is 16.7 Å². The van der Waals surface area contributed by atoms with Gasteiger partial charge in [-0.05, 0) is 0 Å². The number of carbonyl (C=O) groups excluding carboxylic acids is 1. The van der Waals surface area contributed by atoms with Crippen molar-refractivity contribution >= 4 is 32.4 Å². The first-order chi connectivity index (χ1) is 10.8. The van der Waals surface area contributed by atoms with E-state index in [4.69, 9.17) is 16.8 Å². The average Bonchev–Trinajstić information content (AvgIpc) is 2.98. The van der Waals surface area contributed by atoms with Crippen molar-refractivity contribution in [3.05, 3.63) is 9.70 Å². The Morgan fingerprint density at radius 1 is 1.43 bits per heavy atom. The minimum atomic E-state index is -3.18. The zero-order valence-corrected chi connectivity index (χ0v) is 17.8. The second-order valence-corrected chi connectivity index (χ2v) is 17.4. The molecule has 2 bridgehead atoms. The molecule has 132 valence electrons. The quantitative estimate of drug-likeness (QED) is 0.341. The van der Waals surface area contributed by atoms with E-state index < -0.39 is 17.5 Å². The van der Waals surface area contributed by atoms with E-state index in [-0.39, 0.29) is 11.4 Å². The topological polar surface area (TPSA) is 35.5 Å². The van der Waals surface area contributed by atoms with Gasteiger partial charge in [-0.2, -0.15) is 0 Å². The SMILES string of the molecule is CCC/C(=C/C(=O)OCC)[Te]1(Cl)CC23CCC(CC2O1)C3(C)C. The summed E-state index contributed by atoms with van der Waals surface area (Å²) in [6, 6.07) is 0. The van der Waals surface area contributed by atoms with Crippen LogP contribution in [0.3, 0.4) is 0 Å². The predicted octanol–water partition coefficient (Wildman–Crippen LogP) is 4.72. The molecule has 0 aromatic heterocycles. The van der Waals surface area contributed by atoms with Crippen LogP contribution >= 0.6 is 8.96 Å². The molecule has 23 heavy (non-hydrogen) atoms. The Balaban J connectivity index is 1.89. The van der Waals surface area contributed by atoms with Crippen molar-refractivity contribution in [1.82, 2.24) is 0 Å². The Kier molecular flexibility index (Phi) is 4.87. The number of halogens is 1. The van der Waals surface area contributed by atoms with Gasteiger partial charge in [0.1, 0.15) is 0 Å². The number of allylic oxidation sites excluding steroid dienone is 1.